The third-order valence-corrected chi connectivity index (χ3v) is 4.46. The van der Waals surface area contributed by atoms with Crippen molar-refractivity contribution >= 4 is 0 Å². The third kappa shape index (κ3) is 2.91. The van der Waals surface area contributed by atoms with E-state index < -0.39 is 5.92 Å². The summed E-state index contributed by atoms with van der Waals surface area (Å²) >= 11 is 0. The Bertz CT molecular complexity index is 394. The number of halogens is 2. The number of alkyl halides is 2. The number of ether oxygens (including phenoxy) is 1. The first-order valence-electron chi connectivity index (χ1n) is 7.45. The van der Waals surface area contributed by atoms with Gasteiger partial charge in [-0.15, -0.1) is 0 Å². The standard InChI is InChI=1S/C14H23F2N3O/c1-10-7-13-19(17-11(10)2)6-4-12(20-13)3-5-18-8-14(15,16)9-18/h7,10-12,17H,3-6,8-9H2,1-2H3/t10?,11-,12?/m1/s1. The highest BCUT2D eigenvalue weighted by Crippen LogP contribution is 2.29. The van der Waals surface area contributed by atoms with Crippen LogP contribution in [0, 0.1) is 5.92 Å². The zero-order valence-corrected chi connectivity index (χ0v) is 12.1. The van der Waals surface area contributed by atoms with Crippen molar-refractivity contribution in [1.82, 2.24) is 15.3 Å². The highest BCUT2D eigenvalue weighted by atomic mass is 19.3. The lowest BCUT2D eigenvalue weighted by Crippen LogP contribution is -2.57. The summed E-state index contributed by atoms with van der Waals surface area (Å²) < 4.78 is 31.5. The van der Waals surface area contributed by atoms with Crippen LogP contribution >= 0.6 is 0 Å². The molecule has 6 heteroatoms. The van der Waals surface area contributed by atoms with E-state index in [-0.39, 0.29) is 19.2 Å². The van der Waals surface area contributed by atoms with Gasteiger partial charge < -0.3 is 4.74 Å². The molecular weight excluding hydrogens is 264 g/mol. The molecule has 0 aromatic heterocycles. The van der Waals surface area contributed by atoms with Crippen molar-refractivity contribution < 1.29 is 13.5 Å². The molecule has 3 atom stereocenters. The third-order valence-electron chi connectivity index (χ3n) is 4.46. The summed E-state index contributed by atoms with van der Waals surface area (Å²) in [6.45, 7) is 5.76. The van der Waals surface area contributed by atoms with E-state index >= 15 is 0 Å². The van der Waals surface area contributed by atoms with Crippen LogP contribution in [0.15, 0.2) is 12.0 Å². The maximum Gasteiger partial charge on any atom is 0.272 e. The van der Waals surface area contributed by atoms with Gasteiger partial charge in [0.2, 0.25) is 0 Å². The van der Waals surface area contributed by atoms with E-state index in [9.17, 15) is 8.78 Å². The molecule has 0 spiro atoms. The summed E-state index contributed by atoms with van der Waals surface area (Å²) in [5.41, 5.74) is 3.42. The van der Waals surface area contributed by atoms with E-state index in [1.54, 1.807) is 4.90 Å². The summed E-state index contributed by atoms with van der Waals surface area (Å²) in [5.74, 6) is -1.12. The lowest BCUT2D eigenvalue weighted by Gasteiger charge is -2.43. The summed E-state index contributed by atoms with van der Waals surface area (Å²) in [4.78, 5) is 1.80. The number of fused-ring (bicyclic) bond motifs is 1. The molecule has 2 unspecified atom stereocenters. The van der Waals surface area contributed by atoms with Crippen LogP contribution in [0.3, 0.4) is 0 Å². The first-order valence-corrected chi connectivity index (χ1v) is 7.45. The first kappa shape index (κ1) is 14.1. The second-order valence-electron chi connectivity index (χ2n) is 6.32. The van der Waals surface area contributed by atoms with E-state index in [0.29, 0.717) is 18.5 Å². The van der Waals surface area contributed by atoms with Gasteiger partial charge in [-0.05, 0) is 25.3 Å². The topological polar surface area (TPSA) is 27.7 Å². The van der Waals surface area contributed by atoms with Crippen LogP contribution in [0.1, 0.15) is 26.7 Å². The Morgan fingerprint density at radius 2 is 2.15 bits per heavy atom. The Morgan fingerprint density at radius 1 is 1.40 bits per heavy atom. The van der Waals surface area contributed by atoms with Crippen molar-refractivity contribution in [3.63, 3.8) is 0 Å². The van der Waals surface area contributed by atoms with Crippen molar-refractivity contribution in [2.45, 2.75) is 44.8 Å². The largest absolute Gasteiger partial charge is 0.475 e. The van der Waals surface area contributed by atoms with Crippen LogP contribution in [0.25, 0.3) is 0 Å². The first-order chi connectivity index (χ1) is 9.43. The molecule has 3 heterocycles. The van der Waals surface area contributed by atoms with Crippen LogP contribution in [0.2, 0.25) is 0 Å². The molecule has 0 aromatic rings. The highest BCUT2D eigenvalue weighted by molar-refractivity contribution is 5.04. The molecule has 3 aliphatic rings. The van der Waals surface area contributed by atoms with Gasteiger partial charge in [-0.1, -0.05) is 6.92 Å². The maximum atomic E-state index is 12.8. The van der Waals surface area contributed by atoms with E-state index in [2.05, 4.69) is 30.4 Å². The van der Waals surface area contributed by atoms with E-state index in [1.165, 1.54) is 0 Å². The molecule has 114 valence electrons. The number of hydrogen-bond donors (Lipinski definition) is 1. The Morgan fingerprint density at radius 3 is 2.85 bits per heavy atom. The van der Waals surface area contributed by atoms with Gasteiger partial charge in [0.15, 0.2) is 5.88 Å². The zero-order chi connectivity index (χ0) is 14.3. The highest BCUT2D eigenvalue weighted by Gasteiger charge is 2.43. The molecular formula is C14H23F2N3O. The Hall–Kier alpha value is -0.880. The SMILES string of the molecule is CC1C=C2OC(CCN3CC(F)(F)C3)CCN2N[C@@H]1C. The van der Waals surface area contributed by atoms with E-state index in [1.807, 2.05) is 0 Å². The van der Waals surface area contributed by atoms with Crippen molar-refractivity contribution in [1.29, 1.82) is 0 Å². The van der Waals surface area contributed by atoms with Gasteiger partial charge >= 0.3 is 0 Å². The Kier molecular flexibility index (Phi) is 3.62. The Balaban J connectivity index is 1.48. The van der Waals surface area contributed by atoms with Crippen molar-refractivity contribution in [2.24, 2.45) is 5.92 Å². The molecule has 1 N–H and O–H groups in total. The molecule has 4 nitrogen and oxygen atoms in total. The quantitative estimate of drug-likeness (QED) is 0.856. The van der Waals surface area contributed by atoms with Crippen LogP contribution in [-0.2, 0) is 4.74 Å². The zero-order valence-electron chi connectivity index (χ0n) is 12.1. The van der Waals surface area contributed by atoms with Gasteiger partial charge in [0.1, 0.15) is 6.10 Å². The van der Waals surface area contributed by atoms with Gasteiger partial charge in [0.05, 0.1) is 13.1 Å². The van der Waals surface area contributed by atoms with Gasteiger partial charge in [-0.3, -0.25) is 9.91 Å². The summed E-state index contributed by atoms with van der Waals surface area (Å²) in [7, 11) is 0. The summed E-state index contributed by atoms with van der Waals surface area (Å²) in [6.07, 6.45) is 4.07. The van der Waals surface area contributed by atoms with Gasteiger partial charge in [-0.25, -0.2) is 14.2 Å². The minimum Gasteiger partial charge on any atom is -0.475 e. The predicted octanol–water partition coefficient (Wildman–Crippen LogP) is 1.80. The molecule has 2 fully saturated rings. The average molecular weight is 287 g/mol. The number of rotatable bonds is 3. The lowest BCUT2D eigenvalue weighted by atomic mass is 10.0. The number of hydrazine groups is 1. The molecule has 20 heavy (non-hydrogen) atoms. The van der Waals surface area contributed by atoms with Crippen LogP contribution in [-0.4, -0.2) is 54.2 Å². The second kappa shape index (κ2) is 5.15. The summed E-state index contributed by atoms with van der Waals surface area (Å²) in [5, 5.41) is 2.07. The van der Waals surface area contributed by atoms with Crippen LogP contribution in [0.5, 0.6) is 0 Å². The second-order valence-corrected chi connectivity index (χ2v) is 6.32. The average Bonchev–Trinajstić information content (AvgIpc) is 2.35. The Labute approximate surface area is 118 Å². The summed E-state index contributed by atoms with van der Waals surface area (Å²) in [6, 6.07) is 0.419. The molecule has 2 saturated heterocycles. The fourth-order valence-corrected chi connectivity index (χ4v) is 2.96. The fourth-order valence-electron chi connectivity index (χ4n) is 2.96. The van der Waals surface area contributed by atoms with Gasteiger partial charge in [0, 0.05) is 25.6 Å². The van der Waals surface area contributed by atoms with Crippen molar-refractivity contribution in [3.8, 4) is 0 Å². The predicted molar refractivity (Wildman–Crippen MR) is 72.0 cm³/mol. The molecule has 0 radical (unpaired) electrons. The normalized spacial score (nSPS) is 36.7. The smallest absolute Gasteiger partial charge is 0.272 e. The number of likely N-dealkylation sites (tertiary alicyclic amines) is 1. The minimum absolute atomic E-state index is 0.0926. The molecule has 3 rings (SSSR count). The van der Waals surface area contributed by atoms with Gasteiger partial charge in [-0.2, -0.15) is 0 Å². The molecule has 0 bridgehead atoms. The van der Waals surface area contributed by atoms with E-state index in [4.69, 9.17) is 4.74 Å². The van der Waals surface area contributed by atoms with Crippen molar-refractivity contribution in [2.75, 3.05) is 26.2 Å². The van der Waals surface area contributed by atoms with Crippen LogP contribution in [0.4, 0.5) is 8.78 Å². The molecule has 0 aliphatic carbocycles. The number of hydrogen-bond acceptors (Lipinski definition) is 4. The lowest BCUT2D eigenvalue weighted by molar-refractivity contribution is -0.135. The van der Waals surface area contributed by atoms with Gasteiger partial charge in [0.25, 0.3) is 5.92 Å². The maximum absolute atomic E-state index is 12.8. The fraction of sp³-hybridized carbons (Fsp3) is 0.857. The molecule has 3 aliphatic heterocycles. The van der Waals surface area contributed by atoms with E-state index in [0.717, 1.165) is 25.3 Å². The molecule has 0 amide bonds. The molecule has 0 aromatic carbocycles. The number of nitrogens with zero attached hydrogens (tertiary/aromatic N) is 2. The van der Waals surface area contributed by atoms with Crippen LogP contribution < -0.4 is 5.43 Å². The molecule has 0 saturated carbocycles. The monoisotopic (exact) mass is 287 g/mol. The number of nitrogens with one attached hydrogen (secondary N) is 1. The minimum atomic E-state index is -2.47. The van der Waals surface area contributed by atoms with Crippen molar-refractivity contribution in [3.05, 3.63) is 12.0 Å².